The molecule has 2 aromatic carbocycles. The molecule has 140 valence electrons. The number of benzene rings is 2. The van der Waals surface area contributed by atoms with E-state index < -0.39 is 0 Å². The number of aliphatic hydroxyl groups is 1. The van der Waals surface area contributed by atoms with Gasteiger partial charge in [0.2, 0.25) is 0 Å². The van der Waals surface area contributed by atoms with Crippen molar-refractivity contribution in [3.63, 3.8) is 0 Å². The molecule has 0 amide bonds. The molecule has 1 atom stereocenters. The lowest BCUT2D eigenvalue weighted by Gasteiger charge is -2.32. The summed E-state index contributed by atoms with van der Waals surface area (Å²) in [5.74, 6) is 0.0590. The molecule has 1 heterocycles. The first-order valence-electron chi connectivity index (χ1n) is 9.34. The summed E-state index contributed by atoms with van der Waals surface area (Å²) in [5.41, 5.74) is 0.503. The summed E-state index contributed by atoms with van der Waals surface area (Å²) in [5, 5.41) is 11.5. The summed E-state index contributed by atoms with van der Waals surface area (Å²) in [6.45, 7) is 9.09. The third-order valence-electron chi connectivity index (χ3n) is 5.54. The highest BCUT2D eigenvalue weighted by Crippen LogP contribution is 2.41. The number of ether oxygens (including phenoxy) is 1. The maximum atomic E-state index is 9.03. The van der Waals surface area contributed by atoms with Crippen LogP contribution in [0.5, 0.6) is 0 Å². The van der Waals surface area contributed by atoms with Crippen molar-refractivity contribution in [1.29, 1.82) is 0 Å². The van der Waals surface area contributed by atoms with E-state index in [9.17, 15) is 0 Å². The lowest BCUT2D eigenvalue weighted by Crippen LogP contribution is -2.41. The highest BCUT2D eigenvalue weighted by Gasteiger charge is 2.53. The summed E-state index contributed by atoms with van der Waals surface area (Å²) in [4.78, 5) is 0. The van der Waals surface area contributed by atoms with E-state index in [-0.39, 0.29) is 30.7 Å². The van der Waals surface area contributed by atoms with Gasteiger partial charge in [0.05, 0.1) is 24.4 Å². The van der Waals surface area contributed by atoms with Crippen LogP contribution in [-0.2, 0) is 20.5 Å². The molecule has 1 aliphatic rings. The second kappa shape index (κ2) is 7.69. The Morgan fingerprint density at radius 3 is 2.31 bits per heavy atom. The summed E-state index contributed by atoms with van der Waals surface area (Å²) in [6.07, 6.45) is 0.799. The number of hydrogen-bond donors (Lipinski definition) is 1. The lowest BCUT2D eigenvalue weighted by atomic mass is 9.69. The molecule has 0 aromatic heterocycles. The summed E-state index contributed by atoms with van der Waals surface area (Å²) in [6, 6.07) is 14.9. The third kappa shape index (κ3) is 4.12. The standard InChI is InChI=1S/C21H29BO4/c1-20(2)21(3,4)26-22(25-20)19(15-24-12-11-23)14-16-9-10-17-7-5-6-8-18(17)13-16/h5-10,13,19,23H,11-12,14-15H2,1-4H3. The van der Waals surface area contributed by atoms with E-state index >= 15 is 0 Å². The van der Waals surface area contributed by atoms with Gasteiger partial charge in [0.1, 0.15) is 0 Å². The van der Waals surface area contributed by atoms with Crippen LogP contribution in [0.1, 0.15) is 33.3 Å². The quantitative estimate of drug-likeness (QED) is 0.605. The van der Waals surface area contributed by atoms with Crippen molar-refractivity contribution in [2.24, 2.45) is 0 Å². The summed E-state index contributed by atoms with van der Waals surface area (Å²) < 4.78 is 18.1. The Balaban J connectivity index is 1.79. The zero-order valence-electron chi connectivity index (χ0n) is 16.2. The van der Waals surface area contributed by atoms with Crippen molar-refractivity contribution in [2.75, 3.05) is 19.8 Å². The predicted octanol–water partition coefficient (Wildman–Crippen LogP) is 3.85. The second-order valence-electron chi connectivity index (χ2n) is 8.07. The molecular weight excluding hydrogens is 327 g/mol. The number of aliphatic hydroxyl groups excluding tert-OH is 1. The minimum atomic E-state index is -0.365. The van der Waals surface area contributed by atoms with Gasteiger partial charge in [0, 0.05) is 12.4 Å². The van der Waals surface area contributed by atoms with E-state index in [1.54, 1.807) is 0 Å². The normalized spacial score (nSPS) is 19.8. The van der Waals surface area contributed by atoms with Gasteiger partial charge in [-0.3, -0.25) is 0 Å². The van der Waals surface area contributed by atoms with Crippen molar-refractivity contribution >= 4 is 17.9 Å². The lowest BCUT2D eigenvalue weighted by molar-refractivity contribution is 0.00578. The molecule has 5 heteroatoms. The van der Waals surface area contributed by atoms with E-state index in [0.717, 1.165) is 6.42 Å². The highest BCUT2D eigenvalue weighted by atomic mass is 16.7. The summed E-state index contributed by atoms with van der Waals surface area (Å²) >= 11 is 0. The van der Waals surface area contributed by atoms with Crippen molar-refractivity contribution in [3.05, 3.63) is 48.0 Å². The smallest absolute Gasteiger partial charge is 0.403 e. The molecule has 0 bridgehead atoms. The molecule has 0 spiro atoms. The van der Waals surface area contributed by atoms with E-state index in [4.69, 9.17) is 19.2 Å². The van der Waals surface area contributed by atoms with Crippen LogP contribution in [-0.4, -0.2) is 43.2 Å². The molecule has 3 rings (SSSR count). The number of fused-ring (bicyclic) bond motifs is 1. The van der Waals surface area contributed by atoms with Gasteiger partial charge in [-0.25, -0.2) is 0 Å². The maximum absolute atomic E-state index is 9.03. The molecule has 0 saturated carbocycles. The number of rotatable bonds is 7. The van der Waals surface area contributed by atoms with Crippen LogP contribution >= 0.6 is 0 Å². The molecule has 0 radical (unpaired) electrons. The summed E-state index contributed by atoms with van der Waals surface area (Å²) in [7, 11) is -0.329. The third-order valence-corrected chi connectivity index (χ3v) is 5.54. The predicted molar refractivity (Wildman–Crippen MR) is 105 cm³/mol. The Labute approximate surface area is 156 Å². The van der Waals surface area contributed by atoms with E-state index in [1.807, 2.05) is 0 Å². The van der Waals surface area contributed by atoms with Crippen molar-refractivity contribution in [2.45, 2.75) is 51.1 Å². The van der Waals surface area contributed by atoms with Crippen molar-refractivity contribution in [3.8, 4) is 0 Å². The molecule has 26 heavy (non-hydrogen) atoms. The molecule has 1 saturated heterocycles. The van der Waals surface area contributed by atoms with Gasteiger partial charge in [0.15, 0.2) is 0 Å². The van der Waals surface area contributed by atoms with E-state index in [0.29, 0.717) is 13.2 Å². The fourth-order valence-corrected chi connectivity index (χ4v) is 3.28. The van der Waals surface area contributed by atoms with Crippen LogP contribution in [0.4, 0.5) is 0 Å². The van der Waals surface area contributed by atoms with Crippen LogP contribution in [0, 0.1) is 0 Å². The zero-order valence-corrected chi connectivity index (χ0v) is 16.2. The molecule has 1 fully saturated rings. The Morgan fingerprint density at radius 1 is 1.00 bits per heavy atom. The molecular formula is C21H29BO4. The Bertz CT molecular complexity index is 728. The minimum absolute atomic E-state index is 0.0199. The van der Waals surface area contributed by atoms with Gasteiger partial charge in [0.25, 0.3) is 0 Å². The molecule has 1 unspecified atom stereocenters. The second-order valence-corrected chi connectivity index (χ2v) is 8.07. The van der Waals surface area contributed by atoms with Gasteiger partial charge in [-0.15, -0.1) is 0 Å². The minimum Gasteiger partial charge on any atom is -0.403 e. The van der Waals surface area contributed by atoms with Crippen LogP contribution in [0.25, 0.3) is 10.8 Å². The van der Waals surface area contributed by atoms with Crippen LogP contribution < -0.4 is 0 Å². The Kier molecular flexibility index (Phi) is 5.73. The Morgan fingerprint density at radius 2 is 1.65 bits per heavy atom. The largest absolute Gasteiger partial charge is 0.463 e. The SMILES string of the molecule is CC1(C)OB(C(COCCO)Cc2ccc3ccccc3c2)OC1(C)C. The van der Waals surface area contributed by atoms with Crippen molar-refractivity contribution in [1.82, 2.24) is 0 Å². The molecule has 4 nitrogen and oxygen atoms in total. The average Bonchev–Trinajstić information content (AvgIpc) is 2.82. The molecule has 2 aromatic rings. The molecule has 1 N–H and O–H groups in total. The first-order valence-corrected chi connectivity index (χ1v) is 9.34. The average molecular weight is 356 g/mol. The van der Waals surface area contributed by atoms with Gasteiger partial charge < -0.3 is 19.2 Å². The fourth-order valence-electron chi connectivity index (χ4n) is 3.28. The van der Waals surface area contributed by atoms with Gasteiger partial charge in [-0.2, -0.15) is 0 Å². The molecule has 1 aliphatic heterocycles. The number of hydrogen-bond acceptors (Lipinski definition) is 4. The van der Waals surface area contributed by atoms with Gasteiger partial charge in [-0.1, -0.05) is 42.5 Å². The van der Waals surface area contributed by atoms with Gasteiger partial charge >= 0.3 is 7.12 Å². The van der Waals surface area contributed by atoms with E-state index in [1.165, 1.54) is 16.3 Å². The van der Waals surface area contributed by atoms with Gasteiger partial charge in [-0.05, 0) is 50.5 Å². The van der Waals surface area contributed by atoms with E-state index in [2.05, 4.69) is 70.2 Å². The zero-order chi connectivity index (χ0) is 18.8. The maximum Gasteiger partial charge on any atom is 0.463 e. The van der Waals surface area contributed by atoms with Crippen LogP contribution in [0.15, 0.2) is 42.5 Å². The monoisotopic (exact) mass is 356 g/mol. The fraction of sp³-hybridized carbons (Fsp3) is 0.524. The van der Waals surface area contributed by atoms with Crippen molar-refractivity contribution < 1.29 is 19.2 Å². The first kappa shape index (κ1) is 19.4. The topological polar surface area (TPSA) is 47.9 Å². The Hall–Kier alpha value is -1.40. The highest BCUT2D eigenvalue weighted by molar-refractivity contribution is 6.47. The van der Waals surface area contributed by atoms with Crippen LogP contribution in [0.2, 0.25) is 5.82 Å². The first-order chi connectivity index (χ1) is 12.3. The molecule has 0 aliphatic carbocycles. The van der Waals surface area contributed by atoms with Crippen LogP contribution in [0.3, 0.4) is 0 Å².